The smallest absolute Gasteiger partial charge is 0.309 e. The predicted molar refractivity (Wildman–Crippen MR) is 179 cm³/mol. The van der Waals surface area contributed by atoms with Gasteiger partial charge in [0.05, 0.1) is 16.6 Å². The van der Waals surface area contributed by atoms with E-state index in [0.29, 0.717) is 28.6 Å². The van der Waals surface area contributed by atoms with Crippen molar-refractivity contribution in [1.82, 2.24) is 9.55 Å². The van der Waals surface area contributed by atoms with E-state index < -0.39 is 11.4 Å². The number of halogens is 1. The van der Waals surface area contributed by atoms with Crippen LogP contribution in [-0.2, 0) is 24.4 Å². The number of carboxylic acid groups (broad SMARTS) is 1. The lowest BCUT2D eigenvalue weighted by molar-refractivity contribution is -0.146. The van der Waals surface area contributed by atoms with Crippen LogP contribution in [-0.4, -0.2) is 26.4 Å². The zero-order valence-corrected chi connectivity index (χ0v) is 26.1. The van der Waals surface area contributed by atoms with E-state index in [9.17, 15) is 14.7 Å². The summed E-state index contributed by atoms with van der Waals surface area (Å²) < 4.78 is 8.15. The molecule has 5 aromatic rings. The molecule has 2 heterocycles. The van der Waals surface area contributed by atoms with Crippen molar-refractivity contribution in [2.75, 3.05) is 0 Å². The molecule has 2 aliphatic rings. The Hall–Kier alpha value is -4.94. The number of para-hydroxylation sites is 1. The van der Waals surface area contributed by atoms with Gasteiger partial charge in [0, 0.05) is 45.5 Å². The average Bonchev–Trinajstić information content (AvgIpc) is 3.50. The van der Waals surface area contributed by atoms with Gasteiger partial charge in [0.15, 0.2) is 5.78 Å². The minimum Gasteiger partial charge on any atom is -0.487 e. The number of fused-ring (bicyclic) bond motifs is 3. The predicted octanol–water partition coefficient (Wildman–Crippen LogP) is 8.99. The van der Waals surface area contributed by atoms with Crippen LogP contribution in [0.15, 0.2) is 103 Å². The van der Waals surface area contributed by atoms with Gasteiger partial charge in [-0.25, -0.2) is 4.98 Å². The Kier molecular flexibility index (Phi) is 8.17. The third-order valence-corrected chi connectivity index (χ3v) is 8.34. The minimum atomic E-state index is -1.07. The fourth-order valence-electron chi connectivity index (χ4n) is 5.52. The van der Waals surface area contributed by atoms with Crippen LogP contribution in [0.4, 0.5) is 0 Å². The molecule has 0 unspecified atom stereocenters. The summed E-state index contributed by atoms with van der Waals surface area (Å²) in [5.74, 6) is -0.445. The molecule has 2 aliphatic carbocycles. The number of aliphatic carboxylic acids is 1. The van der Waals surface area contributed by atoms with Crippen molar-refractivity contribution >= 4 is 45.2 Å². The van der Waals surface area contributed by atoms with Gasteiger partial charge in [-0.3, -0.25) is 9.59 Å². The number of ketones is 1. The lowest BCUT2D eigenvalue weighted by Crippen LogP contribution is -2.28. The van der Waals surface area contributed by atoms with Gasteiger partial charge < -0.3 is 14.4 Å². The minimum absolute atomic E-state index is 0.126. The highest BCUT2D eigenvalue weighted by atomic mass is 35.5. The lowest BCUT2D eigenvalue weighted by atomic mass is 9.86. The number of carboxylic acids is 1. The molecule has 0 amide bonds. The van der Waals surface area contributed by atoms with Crippen molar-refractivity contribution in [3.63, 3.8) is 0 Å². The van der Waals surface area contributed by atoms with Gasteiger partial charge in [-0.15, -0.1) is 0 Å². The largest absolute Gasteiger partial charge is 0.487 e. The molecule has 0 saturated carbocycles. The van der Waals surface area contributed by atoms with Gasteiger partial charge in [0.2, 0.25) is 0 Å². The van der Waals surface area contributed by atoms with Crippen LogP contribution in [0.25, 0.3) is 32.9 Å². The Morgan fingerprint density at radius 2 is 1.62 bits per heavy atom. The van der Waals surface area contributed by atoms with E-state index in [1.54, 1.807) is 13.8 Å². The van der Waals surface area contributed by atoms with Gasteiger partial charge in [-0.2, -0.15) is 0 Å². The van der Waals surface area contributed by atoms with E-state index in [1.165, 1.54) is 18.1 Å². The standard InChI is InChI=1S/C32H29ClN2O4.C6H4/c1-20(36)30-26-16-25(39-19-24-13-10-22-6-4-5-7-27(22)34-24)14-15-28(26)35(18-21-8-11-23(33)12-9-21)29(30)17-32(2,3)31(37)38;1-2-5-4-6(5)3-1/h4-16H,17-19H2,1-3H3,(H,37,38);1-4H. The van der Waals surface area contributed by atoms with E-state index in [4.69, 9.17) is 16.3 Å². The molecule has 0 atom stereocenters. The average molecular weight is 617 g/mol. The third kappa shape index (κ3) is 6.61. The second-order valence-electron chi connectivity index (χ2n) is 12.0. The Morgan fingerprint density at radius 1 is 0.889 bits per heavy atom. The molecule has 226 valence electrons. The maximum atomic E-state index is 13.0. The van der Waals surface area contributed by atoms with Gasteiger partial charge >= 0.3 is 5.97 Å². The lowest BCUT2D eigenvalue weighted by Gasteiger charge is -2.21. The highest BCUT2D eigenvalue weighted by Crippen LogP contribution is 2.35. The number of rotatable bonds is 9. The Balaban J connectivity index is 0.000000525. The summed E-state index contributed by atoms with van der Waals surface area (Å²) in [5, 5.41) is 12.3. The molecule has 0 spiro atoms. The zero-order valence-electron chi connectivity index (χ0n) is 25.4. The van der Waals surface area contributed by atoms with E-state index in [-0.39, 0.29) is 18.8 Å². The Morgan fingerprint density at radius 3 is 2.27 bits per heavy atom. The van der Waals surface area contributed by atoms with Gasteiger partial charge in [0.1, 0.15) is 12.4 Å². The first-order chi connectivity index (χ1) is 21.6. The molecule has 2 aromatic heterocycles. The number of carbonyl (C=O) groups excluding carboxylic acids is 1. The second kappa shape index (κ2) is 12.2. The number of hydrogen-bond donors (Lipinski definition) is 1. The monoisotopic (exact) mass is 616 g/mol. The van der Waals surface area contributed by atoms with Crippen molar-refractivity contribution in [2.45, 2.75) is 40.3 Å². The van der Waals surface area contributed by atoms with E-state index in [1.807, 2.05) is 83.4 Å². The summed E-state index contributed by atoms with van der Waals surface area (Å²) in [6, 6.07) is 33.5. The van der Waals surface area contributed by atoms with Crippen LogP contribution in [0.1, 0.15) is 48.1 Å². The second-order valence-corrected chi connectivity index (χ2v) is 12.4. The van der Waals surface area contributed by atoms with E-state index >= 15 is 0 Å². The fourth-order valence-corrected chi connectivity index (χ4v) is 5.65. The van der Waals surface area contributed by atoms with Gasteiger partial charge in [-0.05, 0) is 86.0 Å². The Bertz CT molecular complexity index is 2040. The topological polar surface area (TPSA) is 81.4 Å². The first kappa shape index (κ1) is 30.1. The molecule has 0 fully saturated rings. The molecule has 7 rings (SSSR count). The zero-order chi connectivity index (χ0) is 31.7. The molecular weight excluding hydrogens is 584 g/mol. The van der Waals surface area contributed by atoms with Gasteiger partial charge in [0.25, 0.3) is 0 Å². The first-order valence-corrected chi connectivity index (χ1v) is 15.2. The number of hydrogen-bond acceptors (Lipinski definition) is 4. The summed E-state index contributed by atoms with van der Waals surface area (Å²) >= 11 is 6.09. The highest BCUT2D eigenvalue weighted by Gasteiger charge is 2.32. The summed E-state index contributed by atoms with van der Waals surface area (Å²) in [4.78, 5) is 29.8. The van der Waals surface area contributed by atoms with Crippen molar-refractivity contribution in [1.29, 1.82) is 0 Å². The van der Waals surface area contributed by atoms with E-state index in [2.05, 4.69) is 29.2 Å². The summed E-state index contributed by atoms with van der Waals surface area (Å²) in [5.41, 5.74) is 6.51. The van der Waals surface area contributed by atoms with Crippen LogP contribution in [0.3, 0.4) is 0 Å². The van der Waals surface area contributed by atoms with Crippen LogP contribution in [0.2, 0.25) is 5.02 Å². The van der Waals surface area contributed by atoms with E-state index in [0.717, 1.165) is 33.1 Å². The summed E-state index contributed by atoms with van der Waals surface area (Å²) in [6.07, 6.45) is 0.191. The van der Waals surface area contributed by atoms with Crippen molar-refractivity contribution in [3.8, 4) is 16.9 Å². The highest BCUT2D eigenvalue weighted by molar-refractivity contribution is 6.30. The third-order valence-electron chi connectivity index (χ3n) is 8.09. The SMILES string of the molecule is CC(=O)c1c(CC(C)(C)C(=O)O)n(Cc2ccc(Cl)cc2)c2ccc(OCc3ccc4ccccc4n3)cc12.c1cc2cc-2c1. The molecule has 7 heteroatoms. The number of nitrogens with zero attached hydrogens (tertiary/aromatic N) is 2. The molecule has 3 aromatic carbocycles. The number of pyridine rings is 1. The van der Waals surface area contributed by atoms with Crippen LogP contribution < -0.4 is 4.74 Å². The van der Waals surface area contributed by atoms with Crippen molar-refractivity contribution in [3.05, 3.63) is 131 Å². The summed E-state index contributed by atoms with van der Waals surface area (Å²) in [7, 11) is 0. The van der Waals surface area contributed by atoms with Crippen LogP contribution in [0, 0.1) is 5.41 Å². The van der Waals surface area contributed by atoms with Crippen molar-refractivity contribution < 1.29 is 19.4 Å². The molecule has 0 bridgehead atoms. The normalized spacial score (nSPS) is 11.6. The van der Waals surface area contributed by atoms with Gasteiger partial charge in [-0.1, -0.05) is 66.2 Å². The molecule has 0 aliphatic heterocycles. The molecule has 0 radical (unpaired) electrons. The van der Waals surface area contributed by atoms with Crippen molar-refractivity contribution in [2.24, 2.45) is 5.41 Å². The quantitative estimate of drug-likeness (QED) is 0.164. The number of aromatic nitrogens is 2. The summed E-state index contributed by atoms with van der Waals surface area (Å²) in [6.45, 7) is 5.61. The molecule has 0 saturated heterocycles. The molecule has 45 heavy (non-hydrogen) atoms. The maximum Gasteiger partial charge on any atom is 0.309 e. The number of benzene rings is 4. The fraction of sp³-hybridized carbons (Fsp3) is 0.184. The maximum absolute atomic E-state index is 13.0. The first-order valence-electron chi connectivity index (χ1n) is 14.8. The molecule has 6 nitrogen and oxygen atoms in total. The number of Topliss-reactive ketones (excluding diaryl/α,β-unsaturated/α-hetero) is 1. The number of carbonyl (C=O) groups is 2. The Labute approximate surface area is 266 Å². The molecular formula is C38H33ClN2O4. The van der Waals surface area contributed by atoms with Crippen LogP contribution in [0.5, 0.6) is 5.75 Å². The molecule has 1 N–H and O–H groups in total. The number of ether oxygens (including phenoxy) is 1. The van der Waals surface area contributed by atoms with Crippen LogP contribution >= 0.6 is 11.6 Å².